The van der Waals surface area contributed by atoms with Crippen molar-refractivity contribution in [2.75, 3.05) is 5.32 Å². The van der Waals surface area contributed by atoms with E-state index in [0.717, 1.165) is 21.8 Å². The number of aromatic nitrogens is 5. The summed E-state index contributed by atoms with van der Waals surface area (Å²) >= 11 is 1.36. The molecule has 5 rings (SSSR count). The molecule has 0 bridgehead atoms. The van der Waals surface area contributed by atoms with Crippen molar-refractivity contribution in [1.29, 1.82) is 0 Å². The van der Waals surface area contributed by atoms with Crippen LogP contribution < -0.4 is 5.32 Å². The third-order valence-corrected chi connectivity index (χ3v) is 6.55. The topological polar surface area (TPSA) is 85.1 Å². The van der Waals surface area contributed by atoms with Crippen LogP contribution in [0.25, 0.3) is 16.9 Å². The predicted molar refractivity (Wildman–Crippen MR) is 125 cm³/mol. The number of fused-ring (bicyclic) bond motifs is 1. The Bertz CT molecular complexity index is 1390. The van der Waals surface area contributed by atoms with Gasteiger partial charge in [-0.15, -0.1) is 10.2 Å². The molecular formula is C24H20N6OS. The molecular weight excluding hydrogens is 420 g/mol. The van der Waals surface area contributed by atoms with Gasteiger partial charge in [0.05, 0.1) is 11.9 Å². The second-order valence-corrected chi connectivity index (χ2v) is 8.82. The summed E-state index contributed by atoms with van der Waals surface area (Å²) in [6, 6.07) is 21.9. The number of hydrogen-bond acceptors (Lipinski definition) is 6. The quantitative estimate of drug-likeness (QED) is 0.423. The summed E-state index contributed by atoms with van der Waals surface area (Å²) in [7, 11) is 0. The number of anilines is 1. The first kappa shape index (κ1) is 20.0. The number of hydrogen-bond donors (Lipinski definition) is 1. The molecule has 158 valence electrons. The van der Waals surface area contributed by atoms with Crippen LogP contribution in [0.15, 0.2) is 79.1 Å². The Morgan fingerprint density at radius 3 is 2.44 bits per heavy atom. The fraction of sp³-hybridized carbons (Fsp3) is 0.125. The first-order valence-corrected chi connectivity index (χ1v) is 10.9. The van der Waals surface area contributed by atoms with Crippen LogP contribution in [-0.2, 0) is 5.41 Å². The summed E-state index contributed by atoms with van der Waals surface area (Å²) in [5.41, 5.74) is 3.53. The van der Waals surface area contributed by atoms with Crippen molar-refractivity contribution in [3.63, 3.8) is 0 Å². The highest BCUT2D eigenvalue weighted by molar-refractivity contribution is 7.15. The maximum atomic E-state index is 13.0. The smallest absolute Gasteiger partial charge is 0.262 e. The molecule has 2 aromatic carbocycles. The molecule has 0 aliphatic heterocycles. The minimum absolute atomic E-state index is 0.321. The standard InChI is InChI=1S/C24H20N6OS/c1-24(2,17-11-7-4-8-12-17)22-28-29-23(32-22)27-21(31)18-15-26-30-19(13-14-25-20(18)30)16-9-5-3-6-10-16/h3-15H,1-2H3,(H,27,29,31). The molecule has 7 nitrogen and oxygen atoms in total. The first-order chi connectivity index (χ1) is 15.5. The molecule has 1 N–H and O–H groups in total. The van der Waals surface area contributed by atoms with Crippen LogP contribution in [-0.4, -0.2) is 30.7 Å². The summed E-state index contributed by atoms with van der Waals surface area (Å²) in [5.74, 6) is -0.321. The highest BCUT2D eigenvalue weighted by atomic mass is 32.1. The van der Waals surface area contributed by atoms with Crippen molar-refractivity contribution in [2.45, 2.75) is 19.3 Å². The fourth-order valence-corrected chi connectivity index (χ4v) is 4.41. The van der Waals surface area contributed by atoms with Gasteiger partial charge in [0.15, 0.2) is 5.65 Å². The highest BCUT2D eigenvalue weighted by Crippen LogP contribution is 2.34. The Morgan fingerprint density at radius 2 is 1.69 bits per heavy atom. The van der Waals surface area contributed by atoms with Gasteiger partial charge in [-0.05, 0) is 25.5 Å². The maximum absolute atomic E-state index is 13.0. The lowest BCUT2D eigenvalue weighted by atomic mass is 9.85. The van der Waals surface area contributed by atoms with Gasteiger partial charge < -0.3 is 0 Å². The molecule has 32 heavy (non-hydrogen) atoms. The summed E-state index contributed by atoms with van der Waals surface area (Å²) in [6.45, 7) is 4.18. The van der Waals surface area contributed by atoms with Gasteiger partial charge in [0.25, 0.3) is 5.91 Å². The van der Waals surface area contributed by atoms with Gasteiger partial charge in [-0.25, -0.2) is 9.50 Å². The number of amides is 1. The number of nitrogens with zero attached hydrogens (tertiary/aromatic N) is 5. The van der Waals surface area contributed by atoms with E-state index >= 15 is 0 Å². The molecule has 0 saturated carbocycles. The van der Waals surface area contributed by atoms with Gasteiger partial charge in [0, 0.05) is 17.2 Å². The van der Waals surface area contributed by atoms with E-state index in [1.165, 1.54) is 17.5 Å². The number of nitrogens with one attached hydrogen (secondary N) is 1. The average molecular weight is 441 g/mol. The highest BCUT2D eigenvalue weighted by Gasteiger charge is 2.28. The zero-order valence-corrected chi connectivity index (χ0v) is 18.4. The zero-order valence-electron chi connectivity index (χ0n) is 17.6. The molecule has 0 atom stereocenters. The van der Waals surface area contributed by atoms with Crippen LogP contribution >= 0.6 is 11.3 Å². The Morgan fingerprint density at radius 1 is 0.969 bits per heavy atom. The molecule has 0 fully saturated rings. The van der Waals surface area contributed by atoms with Crippen LogP contribution in [0.2, 0.25) is 0 Å². The number of carbonyl (C=O) groups excluding carboxylic acids is 1. The largest absolute Gasteiger partial charge is 0.296 e. The average Bonchev–Trinajstić information content (AvgIpc) is 3.48. The molecule has 8 heteroatoms. The Kier molecular flexibility index (Phi) is 4.99. The molecule has 5 aromatic rings. The van der Waals surface area contributed by atoms with E-state index < -0.39 is 0 Å². The lowest BCUT2D eigenvalue weighted by molar-refractivity contribution is 0.102. The van der Waals surface area contributed by atoms with Crippen molar-refractivity contribution < 1.29 is 4.79 Å². The minimum atomic E-state index is -0.321. The summed E-state index contributed by atoms with van der Waals surface area (Å²) < 4.78 is 1.67. The van der Waals surface area contributed by atoms with Crippen molar-refractivity contribution in [2.24, 2.45) is 0 Å². The van der Waals surface area contributed by atoms with Crippen LogP contribution in [0.5, 0.6) is 0 Å². The Balaban J connectivity index is 1.42. The van der Waals surface area contributed by atoms with Gasteiger partial charge in [0.1, 0.15) is 10.6 Å². The van der Waals surface area contributed by atoms with Gasteiger partial charge in [-0.1, -0.05) is 72.0 Å². The molecule has 3 aromatic heterocycles. The summed E-state index contributed by atoms with van der Waals surface area (Å²) in [4.78, 5) is 17.4. The van der Waals surface area contributed by atoms with E-state index in [9.17, 15) is 4.79 Å². The normalized spacial score (nSPS) is 11.6. The van der Waals surface area contributed by atoms with E-state index in [2.05, 4.69) is 51.6 Å². The van der Waals surface area contributed by atoms with Crippen molar-refractivity contribution >= 4 is 28.0 Å². The summed E-state index contributed by atoms with van der Waals surface area (Å²) in [6.07, 6.45) is 3.21. The van der Waals surface area contributed by atoms with E-state index in [0.29, 0.717) is 16.3 Å². The monoisotopic (exact) mass is 440 g/mol. The van der Waals surface area contributed by atoms with E-state index in [-0.39, 0.29) is 11.3 Å². The summed E-state index contributed by atoms with van der Waals surface area (Å²) in [5, 5.41) is 17.0. The molecule has 0 radical (unpaired) electrons. The Labute approximate surface area is 188 Å². The maximum Gasteiger partial charge on any atom is 0.262 e. The molecule has 1 amide bonds. The lowest BCUT2D eigenvalue weighted by Crippen LogP contribution is -2.18. The lowest BCUT2D eigenvalue weighted by Gasteiger charge is -2.21. The van der Waals surface area contributed by atoms with Crippen LogP contribution in [0.4, 0.5) is 5.13 Å². The Hall–Kier alpha value is -3.91. The first-order valence-electron chi connectivity index (χ1n) is 10.1. The van der Waals surface area contributed by atoms with Gasteiger partial charge in [-0.2, -0.15) is 5.10 Å². The molecule has 0 aliphatic rings. The SMILES string of the molecule is CC(C)(c1ccccc1)c1nnc(NC(=O)c2cnn3c(-c4ccccc4)ccnc23)s1. The van der Waals surface area contributed by atoms with Crippen LogP contribution in [0.1, 0.15) is 34.8 Å². The van der Waals surface area contributed by atoms with Crippen molar-refractivity contribution in [3.05, 3.63) is 95.3 Å². The number of benzene rings is 2. The third kappa shape index (κ3) is 3.54. The van der Waals surface area contributed by atoms with Crippen LogP contribution in [0.3, 0.4) is 0 Å². The van der Waals surface area contributed by atoms with Gasteiger partial charge >= 0.3 is 0 Å². The molecule has 0 saturated heterocycles. The predicted octanol–water partition coefficient (Wildman–Crippen LogP) is 4.83. The van der Waals surface area contributed by atoms with E-state index in [4.69, 9.17) is 0 Å². The fourth-order valence-electron chi connectivity index (χ4n) is 3.55. The van der Waals surface area contributed by atoms with Crippen LogP contribution in [0, 0.1) is 0 Å². The molecule has 3 heterocycles. The van der Waals surface area contributed by atoms with Gasteiger partial charge in [0.2, 0.25) is 5.13 Å². The van der Waals surface area contributed by atoms with Gasteiger partial charge in [-0.3, -0.25) is 10.1 Å². The molecule has 0 unspecified atom stereocenters. The molecule has 0 spiro atoms. The second kappa shape index (κ2) is 7.97. The number of rotatable bonds is 5. The van der Waals surface area contributed by atoms with E-state index in [1.54, 1.807) is 10.7 Å². The van der Waals surface area contributed by atoms with Crippen molar-refractivity contribution in [3.8, 4) is 11.3 Å². The van der Waals surface area contributed by atoms with Crippen molar-refractivity contribution in [1.82, 2.24) is 24.8 Å². The van der Waals surface area contributed by atoms with E-state index in [1.807, 2.05) is 54.6 Å². The minimum Gasteiger partial charge on any atom is -0.296 e. The second-order valence-electron chi connectivity index (χ2n) is 7.85. The zero-order chi connectivity index (χ0) is 22.1. The number of carbonyl (C=O) groups is 1. The molecule has 0 aliphatic carbocycles. The third-order valence-electron chi connectivity index (χ3n) is 5.39.